The van der Waals surface area contributed by atoms with Crippen molar-refractivity contribution in [2.75, 3.05) is 7.05 Å². The first-order valence-electron chi connectivity index (χ1n) is 7.39. The highest BCUT2D eigenvalue weighted by Gasteiger charge is 2.23. The number of rotatable bonds is 2. The van der Waals surface area contributed by atoms with Gasteiger partial charge in [-0.1, -0.05) is 19.9 Å². The van der Waals surface area contributed by atoms with E-state index in [1.807, 2.05) is 0 Å². The zero-order valence-corrected chi connectivity index (χ0v) is 12.5. The summed E-state index contributed by atoms with van der Waals surface area (Å²) >= 11 is 0. The van der Waals surface area contributed by atoms with Gasteiger partial charge in [-0.25, -0.2) is 0 Å². The zero-order chi connectivity index (χ0) is 13.6. The fraction of sp³-hybridized carbons (Fsp3) is 0.529. The minimum absolute atomic E-state index is 0.601. The number of hydrogen-bond donors (Lipinski definition) is 1. The second kappa shape index (κ2) is 4.68. The van der Waals surface area contributed by atoms with Gasteiger partial charge in [-0.3, -0.25) is 0 Å². The summed E-state index contributed by atoms with van der Waals surface area (Å²) in [4.78, 5) is 0. The lowest BCUT2D eigenvalue weighted by atomic mass is 9.90. The third-order valence-electron chi connectivity index (χ3n) is 4.72. The molecule has 2 aromatic rings. The number of fused-ring (bicyclic) bond motifs is 3. The van der Waals surface area contributed by atoms with Gasteiger partial charge in [-0.05, 0) is 55.5 Å². The van der Waals surface area contributed by atoms with Gasteiger partial charge in [0.05, 0.1) is 0 Å². The molecular formula is C17H24N2. The molecule has 0 spiro atoms. The van der Waals surface area contributed by atoms with Crippen LogP contribution in [0.2, 0.25) is 0 Å². The number of hydrogen-bond acceptors (Lipinski definition) is 1. The van der Waals surface area contributed by atoms with Crippen LogP contribution in [0.4, 0.5) is 0 Å². The Morgan fingerprint density at radius 1 is 1.32 bits per heavy atom. The summed E-state index contributed by atoms with van der Waals surface area (Å²) in [7, 11) is 4.30. The number of benzene rings is 1. The molecule has 0 fully saturated rings. The minimum atomic E-state index is 0.601. The molecule has 102 valence electrons. The van der Waals surface area contributed by atoms with Crippen LogP contribution in [0.25, 0.3) is 10.9 Å². The Hall–Kier alpha value is -1.28. The van der Waals surface area contributed by atoms with Crippen molar-refractivity contribution in [3.05, 3.63) is 35.0 Å². The average Bonchev–Trinajstić information content (AvgIpc) is 2.71. The van der Waals surface area contributed by atoms with Crippen molar-refractivity contribution < 1.29 is 0 Å². The fourth-order valence-electron chi connectivity index (χ4n) is 3.40. The van der Waals surface area contributed by atoms with Crippen molar-refractivity contribution in [3.8, 4) is 0 Å². The highest BCUT2D eigenvalue weighted by molar-refractivity contribution is 5.86. The summed E-state index contributed by atoms with van der Waals surface area (Å²) < 4.78 is 2.40. The summed E-state index contributed by atoms with van der Waals surface area (Å²) in [6.07, 6.45) is 3.62. The van der Waals surface area contributed by atoms with Gasteiger partial charge < -0.3 is 9.88 Å². The third kappa shape index (κ3) is 1.99. The SMILES string of the molecule is CNC1CCc2c(c3cc(C(C)C)ccc3n2C)C1. The van der Waals surface area contributed by atoms with E-state index < -0.39 is 0 Å². The van der Waals surface area contributed by atoms with Crippen molar-refractivity contribution in [2.45, 2.75) is 45.1 Å². The molecule has 1 N–H and O–H groups in total. The molecule has 19 heavy (non-hydrogen) atoms. The zero-order valence-electron chi connectivity index (χ0n) is 12.5. The summed E-state index contributed by atoms with van der Waals surface area (Å²) in [5.41, 5.74) is 5.96. The quantitative estimate of drug-likeness (QED) is 0.871. The molecular weight excluding hydrogens is 232 g/mol. The second-order valence-electron chi connectivity index (χ2n) is 6.14. The van der Waals surface area contributed by atoms with Crippen molar-refractivity contribution in [2.24, 2.45) is 7.05 Å². The Morgan fingerprint density at radius 2 is 2.11 bits per heavy atom. The molecule has 0 bridgehead atoms. The van der Waals surface area contributed by atoms with Crippen molar-refractivity contribution in [1.82, 2.24) is 9.88 Å². The first-order valence-corrected chi connectivity index (χ1v) is 7.39. The van der Waals surface area contributed by atoms with Crippen LogP contribution in [0, 0.1) is 0 Å². The summed E-state index contributed by atoms with van der Waals surface area (Å²) in [5, 5.41) is 4.92. The molecule has 1 unspecified atom stereocenters. The lowest BCUT2D eigenvalue weighted by molar-refractivity contribution is 0.488. The molecule has 3 rings (SSSR count). The van der Waals surface area contributed by atoms with E-state index in [1.54, 1.807) is 11.3 Å². The molecule has 2 nitrogen and oxygen atoms in total. The topological polar surface area (TPSA) is 17.0 Å². The Kier molecular flexibility index (Phi) is 3.14. The number of nitrogens with zero attached hydrogens (tertiary/aromatic N) is 1. The molecule has 0 aliphatic heterocycles. The third-order valence-corrected chi connectivity index (χ3v) is 4.72. The Labute approximate surface area is 115 Å². The molecule has 0 saturated heterocycles. The van der Waals surface area contributed by atoms with Crippen molar-refractivity contribution in [3.63, 3.8) is 0 Å². The Bertz CT molecular complexity index is 607. The molecule has 1 aromatic carbocycles. The van der Waals surface area contributed by atoms with Crippen LogP contribution >= 0.6 is 0 Å². The van der Waals surface area contributed by atoms with Gasteiger partial charge >= 0.3 is 0 Å². The van der Waals surface area contributed by atoms with Gasteiger partial charge in [0, 0.05) is 29.7 Å². The monoisotopic (exact) mass is 256 g/mol. The van der Waals surface area contributed by atoms with E-state index in [0.29, 0.717) is 12.0 Å². The summed E-state index contributed by atoms with van der Waals surface area (Å²) in [5.74, 6) is 0.601. The predicted molar refractivity (Wildman–Crippen MR) is 81.9 cm³/mol. The van der Waals surface area contributed by atoms with Gasteiger partial charge in [0.25, 0.3) is 0 Å². The van der Waals surface area contributed by atoms with E-state index in [4.69, 9.17) is 0 Å². The molecule has 0 amide bonds. The summed E-state index contributed by atoms with van der Waals surface area (Å²) in [6, 6.07) is 7.64. The molecule has 1 heterocycles. The van der Waals surface area contributed by atoms with Gasteiger partial charge in [0.2, 0.25) is 0 Å². The first-order chi connectivity index (χ1) is 9.11. The van der Waals surface area contributed by atoms with Crippen LogP contribution in [-0.4, -0.2) is 17.7 Å². The largest absolute Gasteiger partial charge is 0.347 e. The van der Waals surface area contributed by atoms with E-state index in [0.717, 1.165) is 0 Å². The maximum Gasteiger partial charge on any atom is 0.0482 e. The number of nitrogens with one attached hydrogen (secondary N) is 1. The van der Waals surface area contributed by atoms with Crippen LogP contribution in [0.1, 0.15) is 43.0 Å². The van der Waals surface area contributed by atoms with Crippen LogP contribution in [-0.2, 0) is 19.9 Å². The standard InChI is InChI=1S/C17H24N2/c1-11(2)12-5-7-16-14(9-12)15-10-13(18-3)6-8-17(15)19(16)4/h5,7,9,11,13,18H,6,8,10H2,1-4H3. The van der Waals surface area contributed by atoms with Crippen LogP contribution in [0.5, 0.6) is 0 Å². The molecule has 1 aromatic heterocycles. The van der Waals surface area contributed by atoms with Crippen molar-refractivity contribution >= 4 is 10.9 Å². The minimum Gasteiger partial charge on any atom is -0.347 e. The normalized spacial score (nSPS) is 19.1. The van der Waals surface area contributed by atoms with Gasteiger partial charge in [0.1, 0.15) is 0 Å². The van der Waals surface area contributed by atoms with Gasteiger partial charge in [-0.15, -0.1) is 0 Å². The Morgan fingerprint density at radius 3 is 2.79 bits per heavy atom. The lowest BCUT2D eigenvalue weighted by Gasteiger charge is -2.22. The lowest BCUT2D eigenvalue weighted by Crippen LogP contribution is -2.31. The molecule has 0 saturated carbocycles. The molecule has 1 atom stereocenters. The number of aromatic nitrogens is 1. The fourth-order valence-corrected chi connectivity index (χ4v) is 3.40. The molecule has 1 aliphatic rings. The summed E-state index contributed by atoms with van der Waals surface area (Å²) in [6.45, 7) is 4.54. The van der Waals surface area contributed by atoms with Crippen LogP contribution in [0.15, 0.2) is 18.2 Å². The maximum absolute atomic E-state index is 3.45. The van der Waals surface area contributed by atoms with E-state index in [1.165, 1.54) is 35.7 Å². The second-order valence-corrected chi connectivity index (χ2v) is 6.14. The molecule has 0 radical (unpaired) electrons. The number of likely N-dealkylation sites (N-methyl/N-ethyl adjacent to an activating group) is 1. The Balaban J connectivity index is 2.18. The highest BCUT2D eigenvalue weighted by Crippen LogP contribution is 2.33. The molecule has 1 aliphatic carbocycles. The van der Waals surface area contributed by atoms with E-state index in [9.17, 15) is 0 Å². The average molecular weight is 256 g/mol. The first kappa shape index (κ1) is 12.7. The van der Waals surface area contributed by atoms with Gasteiger partial charge in [0.15, 0.2) is 0 Å². The van der Waals surface area contributed by atoms with E-state index in [2.05, 4.69) is 56.0 Å². The number of aryl methyl sites for hydroxylation is 1. The highest BCUT2D eigenvalue weighted by atomic mass is 15.0. The van der Waals surface area contributed by atoms with Crippen LogP contribution in [0.3, 0.4) is 0 Å². The predicted octanol–water partition coefficient (Wildman–Crippen LogP) is 3.38. The maximum atomic E-state index is 3.45. The molecule has 2 heteroatoms. The van der Waals surface area contributed by atoms with Crippen molar-refractivity contribution in [1.29, 1.82) is 0 Å². The van der Waals surface area contributed by atoms with E-state index >= 15 is 0 Å². The van der Waals surface area contributed by atoms with Crippen LogP contribution < -0.4 is 5.32 Å². The smallest absolute Gasteiger partial charge is 0.0482 e. The van der Waals surface area contributed by atoms with Gasteiger partial charge in [-0.2, -0.15) is 0 Å². The van der Waals surface area contributed by atoms with E-state index in [-0.39, 0.29) is 0 Å².